The molecular formula is C12H16N2O4. The van der Waals surface area contributed by atoms with E-state index in [9.17, 15) is 9.59 Å². The highest BCUT2D eigenvalue weighted by Gasteiger charge is 2.16. The van der Waals surface area contributed by atoms with Crippen molar-refractivity contribution in [2.75, 3.05) is 5.32 Å². The van der Waals surface area contributed by atoms with E-state index in [4.69, 9.17) is 9.94 Å². The maximum Gasteiger partial charge on any atom is 0.412 e. The average molecular weight is 252 g/mol. The second-order valence-corrected chi connectivity index (χ2v) is 4.65. The van der Waals surface area contributed by atoms with E-state index in [1.807, 2.05) is 0 Å². The number of benzene rings is 1. The Kier molecular flexibility index (Phi) is 4.28. The van der Waals surface area contributed by atoms with Crippen LogP contribution in [0.4, 0.5) is 10.5 Å². The van der Waals surface area contributed by atoms with Crippen molar-refractivity contribution in [3.05, 3.63) is 29.8 Å². The zero-order chi connectivity index (χ0) is 13.8. The lowest BCUT2D eigenvalue weighted by atomic mass is 10.2. The van der Waals surface area contributed by atoms with Crippen molar-refractivity contribution in [3.8, 4) is 0 Å². The summed E-state index contributed by atoms with van der Waals surface area (Å²) in [7, 11) is 0. The minimum absolute atomic E-state index is 0.284. The molecule has 1 aromatic rings. The van der Waals surface area contributed by atoms with Crippen LogP contribution in [0.1, 0.15) is 31.1 Å². The third-order valence-electron chi connectivity index (χ3n) is 1.89. The maximum atomic E-state index is 11.5. The van der Waals surface area contributed by atoms with Gasteiger partial charge in [-0.25, -0.2) is 10.3 Å². The van der Waals surface area contributed by atoms with Gasteiger partial charge in [-0.05, 0) is 45.0 Å². The molecule has 3 N–H and O–H groups in total. The van der Waals surface area contributed by atoms with Gasteiger partial charge in [-0.3, -0.25) is 15.3 Å². The first-order valence-electron chi connectivity index (χ1n) is 5.36. The molecule has 1 aromatic carbocycles. The number of hydrogen-bond donors (Lipinski definition) is 3. The molecule has 0 radical (unpaired) electrons. The van der Waals surface area contributed by atoms with E-state index >= 15 is 0 Å². The first-order chi connectivity index (χ1) is 8.31. The average Bonchev–Trinajstić information content (AvgIpc) is 2.26. The van der Waals surface area contributed by atoms with E-state index in [1.54, 1.807) is 20.8 Å². The zero-order valence-corrected chi connectivity index (χ0v) is 10.5. The summed E-state index contributed by atoms with van der Waals surface area (Å²) >= 11 is 0. The van der Waals surface area contributed by atoms with Crippen LogP contribution in [0.3, 0.4) is 0 Å². The first-order valence-corrected chi connectivity index (χ1v) is 5.36. The summed E-state index contributed by atoms with van der Waals surface area (Å²) in [6.07, 6.45) is -0.568. The topological polar surface area (TPSA) is 87.7 Å². The minimum atomic E-state index is -0.612. The Morgan fingerprint density at radius 1 is 1.17 bits per heavy atom. The number of hydrogen-bond acceptors (Lipinski definition) is 4. The largest absolute Gasteiger partial charge is 0.444 e. The van der Waals surface area contributed by atoms with Gasteiger partial charge in [0.05, 0.1) is 0 Å². The summed E-state index contributed by atoms with van der Waals surface area (Å²) in [6, 6.07) is 6.01. The molecule has 1 rings (SSSR count). The van der Waals surface area contributed by atoms with Crippen molar-refractivity contribution in [1.82, 2.24) is 5.48 Å². The summed E-state index contributed by atoms with van der Waals surface area (Å²) < 4.78 is 5.07. The van der Waals surface area contributed by atoms with Crippen molar-refractivity contribution < 1.29 is 19.5 Å². The molecule has 98 valence electrons. The first kappa shape index (κ1) is 14.0. The molecule has 18 heavy (non-hydrogen) atoms. The third-order valence-corrected chi connectivity index (χ3v) is 1.89. The predicted octanol–water partition coefficient (Wildman–Crippen LogP) is 2.15. The second kappa shape index (κ2) is 5.50. The molecule has 0 unspecified atom stereocenters. The number of carbonyl (C=O) groups is 2. The smallest absolute Gasteiger partial charge is 0.412 e. The Morgan fingerprint density at radius 3 is 2.17 bits per heavy atom. The molecule has 6 nitrogen and oxygen atoms in total. The van der Waals surface area contributed by atoms with Crippen LogP contribution in [0.5, 0.6) is 0 Å². The number of carbonyl (C=O) groups excluding carboxylic acids is 2. The van der Waals surface area contributed by atoms with Gasteiger partial charge in [-0.2, -0.15) is 0 Å². The number of hydroxylamine groups is 1. The highest BCUT2D eigenvalue weighted by molar-refractivity contribution is 5.94. The van der Waals surface area contributed by atoms with E-state index in [2.05, 4.69) is 5.32 Å². The Balaban J connectivity index is 2.64. The minimum Gasteiger partial charge on any atom is -0.444 e. The molecular weight excluding hydrogens is 236 g/mol. The lowest BCUT2D eigenvalue weighted by Gasteiger charge is -2.19. The van der Waals surface area contributed by atoms with Gasteiger partial charge >= 0.3 is 6.09 Å². The number of ether oxygens (including phenoxy) is 1. The highest BCUT2D eigenvalue weighted by atomic mass is 16.6. The van der Waals surface area contributed by atoms with Gasteiger partial charge in [-0.1, -0.05) is 0 Å². The standard InChI is InChI=1S/C12H16N2O4/c1-12(2,3)18-11(16)13-9-6-4-8(5-7-9)10(15)14-17/h4-7,17H,1-3H3,(H,13,16)(H,14,15). The summed E-state index contributed by atoms with van der Waals surface area (Å²) in [5, 5.41) is 11.0. The quantitative estimate of drug-likeness (QED) is 0.556. The predicted molar refractivity (Wildman–Crippen MR) is 65.6 cm³/mol. The molecule has 0 atom stereocenters. The third kappa shape index (κ3) is 4.42. The van der Waals surface area contributed by atoms with Crippen LogP contribution >= 0.6 is 0 Å². The molecule has 0 heterocycles. The van der Waals surface area contributed by atoms with Crippen molar-refractivity contribution in [2.45, 2.75) is 26.4 Å². The Morgan fingerprint density at radius 2 is 1.72 bits per heavy atom. The fraction of sp³-hybridized carbons (Fsp3) is 0.333. The van der Waals surface area contributed by atoms with Gasteiger partial charge in [-0.15, -0.1) is 0 Å². The summed E-state index contributed by atoms with van der Waals surface area (Å²) in [5.74, 6) is -0.612. The molecule has 0 aliphatic rings. The Bertz CT molecular complexity index is 434. The van der Waals surface area contributed by atoms with Crippen molar-refractivity contribution >= 4 is 17.7 Å². The van der Waals surface area contributed by atoms with Crippen LogP contribution in [0, 0.1) is 0 Å². The van der Waals surface area contributed by atoms with E-state index in [-0.39, 0.29) is 5.56 Å². The fourth-order valence-corrected chi connectivity index (χ4v) is 1.19. The Labute approximate surface area is 105 Å². The van der Waals surface area contributed by atoms with E-state index in [1.165, 1.54) is 29.7 Å². The lowest BCUT2D eigenvalue weighted by molar-refractivity contribution is 0.0635. The monoisotopic (exact) mass is 252 g/mol. The number of anilines is 1. The van der Waals surface area contributed by atoms with Crippen LogP contribution in [0.25, 0.3) is 0 Å². The molecule has 0 saturated heterocycles. The van der Waals surface area contributed by atoms with Crippen molar-refractivity contribution in [2.24, 2.45) is 0 Å². The van der Waals surface area contributed by atoms with Crippen LogP contribution in [-0.2, 0) is 4.74 Å². The van der Waals surface area contributed by atoms with Crippen LogP contribution in [0.2, 0.25) is 0 Å². The SMILES string of the molecule is CC(C)(C)OC(=O)Nc1ccc(C(=O)NO)cc1. The molecule has 6 heteroatoms. The maximum absolute atomic E-state index is 11.5. The van der Waals surface area contributed by atoms with E-state index in [0.717, 1.165) is 0 Å². The second-order valence-electron chi connectivity index (χ2n) is 4.65. The molecule has 0 saturated carbocycles. The lowest BCUT2D eigenvalue weighted by Crippen LogP contribution is -2.27. The molecule has 0 fully saturated rings. The van der Waals surface area contributed by atoms with Gasteiger partial charge < -0.3 is 4.74 Å². The molecule has 0 aliphatic carbocycles. The zero-order valence-electron chi connectivity index (χ0n) is 10.5. The highest BCUT2D eigenvalue weighted by Crippen LogP contribution is 2.12. The van der Waals surface area contributed by atoms with Crippen LogP contribution in [0.15, 0.2) is 24.3 Å². The molecule has 2 amide bonds. The summed E-state index contributed by atoms with van der Waals surface area (Å²) in [4.78, 5) is 22.5. The van der Waals surface area contributed by atoms with Gasteiger partial charge in [0.2, 0.25) is 0 Å². The fourth-order valence-electron chi connectivity index (χ4n) is 1.19. The number of rotatable bonds is 2. The molecule has 0 aromatic heterocycles. The van der Waals surface area contributed by atoms with Crippen LogP contribution in [-0.4, -0.2) is 22.8 Å². The van der Waals surface area contributed by atoms with Gasteiger partial charge in [0.15, 0.2) is 0 Å². The van der Waals surface area contributed by atoms with Crippen molar-refractivity contribution in [3.63, 3.8) is 0 Å². The van der Waals surface area contributed by atoms with Gasteiger partial charge in [0, 0.05) is 11.3 Å². The molecule has 0 bridgehead atoms. The van der Waals surface area contributed by atoms with E-state index in [0.29, 0.717) is 5.69 Å². The molecule has 0 spiro atoms. The number of amides is 2. The van der Waals surface area contributed by atoms with Crippen LogP contribution < -0.4 is 10.8 Å². The van der Waals surface area contributed by atoms with Crippen molar-refractivity contribution in [1.29, 1.82) is 0 Å². The van der Waals surface area contributed by atoms with E-state index < -0.39 is 17.6 Å². The summed E-state index contributed by atoms with van der Waals surface area (Å²) in [6.45, 7) is 5.30. The van der Waals surface area contributed by atoms with Gasteiger partial charge in [0.1, 0.15) is 5.60 Å². The normalized spacial score (nSPS) is 10.7. The number of nitrogens with one attached hydrogen (secondary N) is 2. The molecule has 0 aliphatic heterocycles. The summed E-state index contributed by atoms with van der Waals surface area (Å²) in [5.41, 5.74) is 1.74. The van der Waals surface area contributed by atoms with Gasteiger partial charge in [0.25, 0.3) is 5.91 Å². The Hall–Kier alpha value is -2.08.